The third-order valence-corrected chi connectivity index (χ3v) is 7.82. The molecule has 2 aromatic carbocycles. The molecule has 2 atom stereocenters. The molecule has 0 aliphatic carbocycles. The minimum atomic E-state index is -0.0187. The molecule has 5 heterocycles. The van der Waals surface area contributed by atoms with Crippen LogP contribution in [0.15, 0.2) is 42.5 Å². The van der Waals surface area contributed by atoms with Crippen molar-refractivity contribution in [1.82, 2.24) is 9.47 Å². The number of para-hydroxylation sites is 1. The maximum atomic E-state index is 13.4. The van der Waals surface area contributed by atoms with Gasteiger partial charge in [-0.1, -0.05) is 18.2 Å². The number of nitrogens with one attached hydrogen (secondary N) is 1. The summed E-state index contributed by atoms with van der Waals surface area (Å²) in [6.45, 7) is 5.32. The van der Waals surface area contributed by atoms with Gasteiger partial charge in [0.25, 0.3) is 5.91 Å². The number of carbonyl (C=O) groups is 1. The molecule has 2 saturated heterocycles. The first-order chi connectivity index (χ1) is 17.2. The highest BCUT2D eigenvalue weighted by atomic mass is 16.5. The Labute approximate surface area is 204 Å². The molecule has 4 aliphatic rings. The zero-order valence-corrected chi connectivity index (χ0v) is 19.8. The van der Waals surface area contributed by atoms with Crippen LogP contribution in [0.25, 0.3) is 10.9 Å². The van der Waals surface area contributed by atoms with Gasteiger partial charge in [-0.2, -0.15) is 0 Å². The molecule has 7 rings (SSSR count). The molecule has 0 radical (unpaired) electrons. The van der Waals surface area contributed by atoms with Gasteiger partial charge in [0.2, 0.25) is 0 Å². The molecule has 0 spiro atoms. The first-order valence-electron chi connectivity index (χ1n) is 12.7. The third-order valence-electron chi connectivity index (χ3n) is 7.82. The summed E-state index contributed by atoms with van der Waals surface area (Å²) in [5.74, 6) is 1.35. The third kappa shape index (κ3) is 3.46. The van der Waals surface area contributed by atoms with E-state index in [-0.39, 0.29) is 18.1 Å². The lowest BCUT2D eigenvalue weighted by Gasteiger charge is -2.33. The zero-order chi connectivity index (χ0) is 23.5. The van der Waals surface area contributed by atoms with Crippen LogP contribution in [0.2, 0.25) is 0 Å². The average molecular weight is 474 g/mol. The molecular weight excluding hydrogens is 442 g/mol. The van der Waals surface area contributed by atoms with E-state index in [9.17, 15) is 4.79 Å². The molecular formula is C27H31N5O3. The molecule has 1 amide bonds. The predicted molar refractivity (Wildman–Crippen MR) is 135 cm³/mol. The predicted octanol–water partition coefficient (Wildman–Crippen LogP) is 3.17. The maximum absolute atomic E-state index is 13.4. The van der Waals surface area contributed by atoms with Gasteiger partial charge >= 0.3 is 0 Å². The molecule has 4 aliphatic heterocycles. The summed E-state index contributed by atoms with van der Waals surface area (Å²) in [6.07, 6.45) is 1.91. The second-order valence-electron chi connectivity index (χ2n) is 10.3. The van der Waals surface area contributed by atoms with Crippen molar-refractivity contribution in [2.24, 2.45) is 11.7 Å². The first-order valence-corrected chi connectivity index (χ1v) is 12.7. The number of nitrogens with zero attached hydrogens (tertiary/aromatic N) is 3. The van der Waals surface area contributed by atoms with E-state index in [1.807, 2.05) is 17.0 Å². The number of likely N-dealkylation sites (tertiary alicyclic amines) is 1. The van der Waals surface area contributed by atoms with Crippen molar-refractivity contribution in [1.29, 1.82) is 0 Å². The second kappa shape index (κ2) is 8.17. The van der Waals surface area contributed by atoms with E-state index < -0.39 is 0 Å². The number of nitrogens with two attached hydrogens (primary N) is 1. The van der Waals surface area contributed by atoms with Crippen molar-refractivity contribution < 1.29 is 14.3 Å². The Balaban J connectivity index is 1.26. The number of hydrogen-bond acceptors (Lipinski definition) is 6. The van der Waals surface area contributed by atoms with E-state index >= 15 is 0 Å². The molecule has 8 nitrogen and oxygen atoms in total. The highest BCUT2D eigenvalue weighted by Gasteiger charge is 2.38. The molecule has 182 valence electrons. The topological polar surface area (TPSA) is 85.0 Å². The minimum Gasteiger partial charge on any atom is -0.489 e. The van der Waals surface area contributed by atoms with Crippen LogP contribution in [0, 0.1) is 5.92 Å². The summed E-state index contributed by atoms with van der Waals surface area (Å²) in [5.41, 5.74) is 11.3. The summed E-state index contributed by atoms with van der Waals surface area (Å²) >= 11 is 0. The number of fused-ring (bicyclic) bond motifs is 1. The smallest absolute Gasteiger partial charge is 0.254 e. The van der Waals surface area contributed by atoms with E-state index in [1.54, 1.807) is 0 Å². The maximum Gasteiger partial charge on any atom is 0.254 e. The van der Waals surface area contributed by atoms with Crippen LogP contribution in [-0.2, 0) is 11.3 Å². The van der Waals surface area contributed by atoms with Crippen molar-refractivity contribution in [2.45, 2.75) is 31.6 Å². The molecule has 3 N–H and O–H groups in total. The van der Waals surface area contributed by atoms with Gasteiger partial charge in [0, 0.05) is 48.1 Å². The number of ether oxygens (including phenoxy) is 2. The van der Waals surface area contributed by atoms with E-state index in [1.165, 1.54) is 16.6 Å². The number of amides is 1. The lowest BCUT2D eigenvalue weighted by atomic mass is 10.0. The Morgan fingerprint density at radius 2 is 2.03 bits per heavy atom. The van der Waals surface area contributed by atoms with Gasteiger partial charge in [-0.25, -0.2) is 0 Å². The van der Waals surface area contributed by atoms with Crippen LogP contribution in [0.5, 0.6) is 5.75 Å². The van der Waals surface area contributed by atoms with Crippen molar-refractivity contribution in [3.63, 3.8) is 0 Å². The number of hydrogen-bond donors (Lipinski definition) is 2. The largest absolute Gasteiger partial charge is 0.489 e. The second-order valence-corrected chi connectivity index (χ2v) is 10.3. The summed E-state index contributed by atoms with van der Waals surface area (Å²) in [4.78, 5) is 17.6. The van der Waals surface area contributed by atoms with E-state index in [0.717, 1.165) is 62.8 Å². The molecule has 1 unspecified atom stereocenters. The summed E-state index contributed by atoms with van der Waals surface area (Å²) in [6, 6.07) is 14.8. The molecule has 0 saturated carbocycles. The summed E-state index contributed by atoms with van der Waals surface area (Å²) in [5, 5.41) is 4.99. The van der Waals surface area contributed by atoms with Crippen LogP contribution < -0.4 is 20.7 Å². The van der Waals surface area contributed by atoms with Crippen LogP contribution >= 0.6 is 0 Å². The van der Waals surface area contributed by atoms with Crippen LogP contribution in [0.1, 0.15) is 35.1 Å². The molecule has 2 fully saturated rings. The van der Waals surface area contributed by atoms with Crippen molar-refractivity contribution in [3.05, 3.63) is 53.7 Å². The first kappa shape index (κ1) is 21.1. The highest BCUT2D eigenvalue weighted by Crippen LogP contribution is 2.50. The van der Waals surface area contributed by atoms with Gasteiger partial charge in [-0.15, -0.1) is 0 Å². The van der Waals surface area contributed by atoms with E-state index in [0.29, 0.717) is 24.6 Å². The van der Waals surface area contributed by atoms with Crippen LogP contribution in [-0.4, -0.2) is 60.9 Å². The van der Waals surface area contributed by atoms with Gasteiger partial charge in [0.05, 0.1) is 31.1 Å². The number of carbonyl (C=O) groups excluding carboxylic acids is 1. The fourth-order valence-electron chi connectivity index (χ4n) is 6.02. The Morgan fingerprint density at radius 3 is 2.86 bits per heavy atom. The van der Waals surface area contributed by atoms with Gasteiger partial charge in [-0.05, 0) is 37.1 Å². The minimum absolute atomic E-state index is 0.0187. The van der Waals surface area contributed by atoms with E-state index in [4.69, 9.17) is 15.2 Å². The van der Waals surface area contributed by atoms with Crippen LogP contribution in [0.4, 0.5) is 11.4 Å². The molecule has 0 bridgehead atoms. The molecule has 3 aromatic rings. The number of anilines is 2. The number of rotatable bonds is 4. The fourth-order valence-corrected chi connectivity index (χ4v) is 6.02. The number of aromatic nitrogens is 1. The van der Waals surface area contributed by atoms with Gasteiger partial charge in [0.1, 0.15) is 24.2 Å². The van der Waals surface area contributed by atoms with Gasteiger partial charge < -0.3 is 34.9 Å². The number of piperidine rings is 1. The Hall–Kier alpha value is -3.23. The Morgan fingerprint density at radius 1 is 1.14 bits per heavy atom. The Kier molecular flexibility index (Phi) is 4.92. The van der Waals surface area contributed by atoms with Crippen LogP contribution in [0.3, 0.4) is 0 Å². The molecule has 35 heavy (non-hydrogen) atoms. The van der Waals surface area contributed by atoms with E-state index in [2.05, 4.69) is 45.1 Å². The average Bonchev–Trinajstić information content (AvgIpc) is 3.40. The molecule has 1 aromatic heterocycles. The van der Waals surface area contributed by atoms with Gasteiger partial charge in [-0.3, -0.25) is 4.79 Å². The molecule has 8 heteroatoms. The standard InChI is InChI=1S/C27H31N5O3/c28-20-5-3-7-30(14-20)27(33)19-10-21-25-24(12-19)35-9-8-31(25)26(29-21)23-11-18-4-1-2-6-22(18)32(23)13-17-15-34-16-17/h1-2,4,6,10-12,17,20,26,29H,3,5,7-9,13-16,28H2/t20?,26-/m1/s1. The number of benzene rings is 2. The Bertz CT molecular complexity index is 1300. The lowest BCUT2D eigenvalue weighted by molar-refractivity contribution is -0.0392. The lowest BCUT2D eigenvalue weighted by Crippen LogP contribution is -2.45. The summed E-state index contributed by atoms with van der Waals surface area (Å²) < 4.78 is 14.0. The van der Waals surface area contributed by atoms with Gasteiger partial charge in [0.15, 0.2) is 0 Å². The monoisotopic (exact) mass is 473 g/mol. The van der Waals surface area contributed by atoms with Crippen molar-refractivity contribution in [2.75, 3.05) is 49.7 Å². The quantitative estimate of drug-likeness (QED) is 0.606. The fraction of sp³-hybridized carbons (Fsp3) is 0.444. The SMILES string of the molecule is NC1CCCN(C(=O)c2cc3c4c(c2)OCCN4[C@H](c2cc4ccccc4n2CC2COC2)N3)C1. The zero-order valence-electron chi connectivity index (χ0n) is 19.8. The highest BCUT2D eigenvalue weighted by molar-refractivity contribution is 5.99. The van der Waals surface area contributed by atoms with Crippen molar-refractivity contribution in [3.8, 4) is 5.75 Å². The van der Waals surface area contributed by atoms with Crippen molar-refractivity contribution >= 4 is 28.2 Å². The normalized spacial score (nSPS) is 23.6. The summed E-state index contributed by atoms with van der Waals surface area (Å²) in [7, 11) is 0.